The van der Waals surface area contributed by atoms with E-state index >= 15 is 0 Å². The van der Waals surface area contributed by atoms with Crippen LogP contribution in [0.1, 0.15) is 13.3 Å². The maximum atomic E-state index is 11.0. The summed E-state index contributed by atoms with van der Waals surface area (Å²) in [5.74, 6) is -1.25. The van der Waals surface area contributed by atoms with Gasteiger partial charge in [-0.1, -0.05) is 0 Å². The number of β-amino-alcohol motifs (C(OH)–C–C–N with tert-alkyl or cyclic N) is 1. The van der Waals surface area contributed by atoms with Crippen LogP contribution in [-0.2, 0) is 9.53 Å². The van der Waals surface area contributed by atoms with E-state index in [1.54, 1.807) is 4.90 Å². The Kier molecular flexibility index (Phi) is 4.30. The Hall–Kier alpha value is -1.34. The van der Waals surface area contributed by atoms with E-state index < -0.39 is 17.7 Å². The Bertz CT molecular complexity index is 305. The molecule has 1 rings (SSSR count). The number of alkyl carbamates (subject to hydrolysis) is 1. The summed E-state index contributed by atoms with van der Waals surface area (Å²) in [6.45, 7) is 2.45. The second kappa shape index (κ2) is 5.33. The molecular weight excluding hydrogens is 228 g/mol. The van der Waals surface area contributed by atoms with Gasteiger partial charge in [-0.25, -0.2) is 9.59 Å². The summed E-state index contributed by atoms with van der Waals surface area (Å²) < 4.78 is 4.47. The van der Waals surface area contributed by atoms with Crippen molar-refractivity contribution in [1.29, 1.82) is 0 Å². The van der Waals surface area contributed by atoms with Gasteiger partial charge < -0.3 is 20.3 Å². The van der Waals surface area contributed by atoms with E-state index in [1.807, 2.05) is 0 Å². The predicted octanol–water partition coefficient (Wildman–Crippen LogP) is -0.748. The number of amides is 1. The quantitative estimate of drug-likeness (QED) is 0.604. The maximum absolute atomic E-state index is 11.0. The summed E-state index contributed by atoms with van der Waals surface area (Å²) >= 11 is 0. The van der Waals surface area contributed by atoms with Crippen LogP contribution >= 0.6 is 0 Å². The van der Waals surface area contributed by atoms with Crippen molar-refractivity contribution in [1.82, 2.24) is 10.2 Å². The lowest BCUT2D eigenvalue weighted by atomic mass is 10.1. The van der Waals surface area contributed by atoms with E-state index in [-0.39, 0.29) is 12.6 Å². The second-order valence-corrected chi connectivity index (χ2v) is 4.44. The van der Waals surface area contributed by atoms with E-state index in [4.69, 9.17) is 5.11 Å². The average molecular weight is 246 g/mol. The van der Waals surface area contributed by atoms with Crippen molar-refractivity contribution in [2.75, 3.05) is 26.7 Å². The molecule has 0 aromatic heterocycles. The van der Waals surface area contributed by atoms with Gasteiger partial charge in [0.1, 0.15) is 0 Å². The summed E-state index contributed by atoms with van der Waals surface area (Å²) in [6.07, 6.45) is 0.215. The number of likely N-dealkylation sites (tertiary alicyclic amines) is 1. The van der Waals surface area contributed by atoms with Crippen LogP contribution < -0.4 is 5.32 Å². The molecule has 17 heavy (non-hydrogen) atoms. The Balaban J connectivity index is 2.40. The third kappa shape index (κ3) is 3.86. The van der Waals surface area contributed by atoms with Gasteiger partial charge in [-0.05, 0) is 13.3 Å². The Morgan fingerprint density at radius 2 is 2.24 bits per heavy atom. The molecule has 2 atom stereocenters. The average Bonchev–Trinajstić information content (AvgIpc) is 2.64. The van der Waals surface area contributed by atoms with Crippen molar-refractivity contribution < 1.29 is 24.5 Å². The molecule has 1 heterocycles. The number of aliphatic hydroxyl groups is 1. The van der Waals surface area contributed by atoms with Crippen LogP contribution in [0.5, 0.6) is 0 Å². The summed E-state index contributed by atoms with van der Waals surface area (Å²) in [5.41, 5.74) is -1.76. The second-order valence-electron chi connectivity index (χ2n) is 4.44. The minimum absolute atomic E-state index is 0.0433. The molecule has 98 valence electrons. The number of ether oxygens (including phenoxy) is 1. The highest BCUT2D eigenvalue weighted by molar-refractivity contribution is 5.76. The van der Waals surface area contributed by atoms with Crippen LogP contribution in [0, 0.1) is 0 Å². The molecule has 3 N–H and O–H groups in total. The molecule has 0 radical (unpaired) electrons. The van der Waals surface area contributed by atoms with Gasteiger partial charge in [-0.3, -0.25) is 4.90 Å². The van der Waals surface area contributed by atoms with E-state index in [0.717, 1.165) is 0 Å². The first-order valence-electron chi connectivity index (χ1n) is 5.38. The minimum Gasteiger partial charge on any atom is -0.479 e. The standard InChI is InChI=1S/C10H18N2O5/c1-10(16,8(13)14)6-12-4-3-7(5-12)11-9(15)17-2/h7,16H,3-6H2,1-2H3,(H,11,15)(H,13,14). The zero-order chi connectivity index (χ0) is 13.1. The maximum Gasteiger partial charge on any atom is 0.407 e. The van der Waals surface area contributed by atoms with Crippen LogP contribution in [0.3, 0.4) is 0 Å². The highest BCUT2D eigenvalue weighted by atomic mass is 16.5. The Morgan fingerprint density at radius 3 is 2.76 bits per heavy atom. The molecule has 2 unspecified atom stereocenters. The van der Waals surface area contributed by atoms with Crippen molar-refractivity contribution in [2.24, 2.45) is 0 Å². The van der Waals surface area contributed by atoms with Gasteiger partial charge in [-0.2, -0.15) is 0 Å². The number of aliphatic carboxylic acids is 1. The number of nitrogens with zero attached hydrogens (tertiary/aromatic N) is 1. The van der Waals surface area contributed by atoms with Crippen molar-refractivity contribution in [2.45, 2.75) is 25.0 Å². The molecule has 1 saturated heterocycles. The molecule has 0 saturated carbocycles. The third-order valence-corrected chi connectivity index (χ3v) is 2.77. The SMILES string of the molecule is COC(=O)NC1CCN(CC(C)(O)C(=O)O)C1. The fourth-order valence-electron chi connectivity index (χ4n) is 1.82. The van der Waals surface area contributed by atoms with Crippen molar-refractivity contribution in [3.63, 3.8) is 0 Å². The zero-order valence-electron chi connectivity index (χ0n) is 9.97. The van der Waals surface area contributed by atoms with Crippen LogP contribution in [0.4, 0.5) is 4.79 Å². The highest BCUT2D eigenvalue weighted by Gasteiger charge is 2.35. The van der Waals surface area contributed by atoms with Gasteiger partial charge in [0, 0.05) is 25.7 Å². The number of carboxylic acid groups (broad SMARTS) is 1. The first-order chi connectivity index (χ1) is 7.85. The Labute approximate surface area is 99.4 Å². The summed E-state index contributed by atoms with van der Waals surface area (Å²) in [6, 6.07) is -0.0629. The van der Waals surface area contributed by atoms with Crippen LogP contribution in [0.2, 0.25) is 0 Å². The van der Waals surface area contributed by atoms with Crippen LogP contribution in [-0.4, -0.2) is 65.6 Å². The van der Waals surface area contributed by atoms with E-state index in [1.165, 1.54) is 14.0 Å². The van der Waals surface area contributed by atoms with Gasteiger partial charge in [0.2, 0.25) is 0 Å². The normalized spacial score (nSPS) is 24.1. The van der Waals surface area contributed by atoms with Gasteiger partial charge in [-0.15, -0.1) is 0 Å². The highest BCUT2D eigenvalue weighted by Crippen LogP contribution is 2.14. The van der Waals surface area contributed by atoms with Gasteiger partial charge in [0.25, 0.3) is 0 Å². The van der Waals surface area contributed by atoms with Crippen molar-refractivity contribution >= 4 is 12.1 Å². The molecule has 1 aliphatic heterocycles. The van der Waals surface area contributed by atoms with Crippen LogP contribution in [0.25, 0.3) is 0 Å². The van der Waals surface area contributed by atoms with E-state index in [9.17, 15) is 14.7 Å². The monoisotopic (exact) mass is 246 g/mol. The lowest BCUT2D eigenvalue weighted by molar-refractivity contribution is -0.158. The molecule has 7 heteroatoms. The van der Waals surface area contributed by atoms with Crippen molar-refractivity contribution in [3.8, 4) is 0 Å². The first-order valence-corrected chi connectivity index (χ1v) is 5.38. The predicted molar refractivity (Wildman–Crippen MR) is 58.6 cm³/mol. The molecule has 0 spiro atoms. The number of hydrogen-bond acceptors (Lipinski definition) is 5. The molecule has 0 aromatic rings. The Morgan fingerprint density at radius 1 is 1.59 bits per heavy atom. The largest absolute Gasteiger partial charge is 0.479 e. The molecule has 1 amide bonds. The fraction of sp³-hybridized carbons (Fsp3) is 0.800. The molecule has 1 aliphatic rings. The summed E-state index contributed by atoms with van der Waals surface area (Å²) in [7, 11) is 1.29. The number of nitrogens with one attached hydrogen (secondary N) is 1. The van der Waals surface area contributed by atoms with E-state index in [2.05, 4.69) is 10.1 Å². The number of methoxy groups -OCH3 is 1. The minimum atomic E-state index is -1.76. The molecule has 7 nitrogen and oxygen atoms in total. The number of rotatable bonds is 4. The zero-order valence-corrected chi connectivity index (χ0v) is 9.97. The number of carbonyl (C=O) groups is 2. The van der Waals surface area contributed by atoms with Gasteiger partial charge >= 0.3 is 12.1 Å². The fourth-order valence-corrected chi connectivity index (χ4v) is 1.82. The number of carboxylic acids is 1. The van der Waals surface area contributed by atoms with E-state index in [0.29, 0.717) is 19.5 Å². The third-order valence-electron chi connectivity index (χ3n) is 2.77. The molecule has 1 fully saturated rings. The molecular formula is C10H18N2O5. The van der Waals surface area contributed by atoms with Crippen molar-refractivity contribution in [3.05, 3.63) is 0 Å². The lowest BCUT2D eigenvalue weighted by Crippen LogP contribution is -2.47. The first kappa shape index (κ1) is 13.7. The number of carbonyl (C=O) groups excluding carboxylic acids is 1. The lowest BCUT2D eigenvalue weighted by Gasteiger charge is -2.25. The smallest absolute Gasteiger partial charge is 0.407 e. The summed E-state index contributed by atoms with van der Waals surface area (Å²) in [4.78, 5) is 23.5. The summed E-state index contributed by atoms with van der Waals surface area (Å²) in [5, 5.41) is 21.0. The van der Waals surface area contributed by atoms with Gasteiger partial charge in [0.05, 0.1) is 7.11 Å². The topological polar surface area (TPSA) is 99.1 Å². The molecule has 0 aromatic carbocycles. The molecule has 0 bridgehead atoms. The van der Waals surface area contributed by atoms with Gasteiger partial charge in [0.15, 0.2) is 5.60 Å². The number of hydrogen-bond donors (Lipinski definition) is 3. The molecule has 0 aliphatic carbocycles. The van der Waals surface area contributed by atoms with Crippen LogP contribution in [0.15, 0.2) is 0 Å².